The Balaban J connectivity index is 0.000000492. The quantitative estimate of drug-likeness (QED) is 0.483. The molecular weight excluding hydrogens is 230 g/mol. The maximum atomic E-state index is 5.61. The van der Waals surface area contributed by atoms with Crippen molar-refractivity contribution < 1.29 is 0 Å². The lowest BCUT2D eigenvalue weighted by atomic mass is 10.2. The Hall–Kier alpha value is -2.31. The average Bonchev–Trinajstić information content (AvgIpc) is 2.86. The predicted octanol–water partition coefficient (Wildman–Crippen LogP) is 1.37. The van der Waals surface area contributed by atoms with Crippen molar-refractivity contribution in [3.05, 3.63) is 41.7 Å². The molecule has 18 heavy (non-hydrogen) atoms. The van der Waals surface area contributed by atoms with Gasteiger partial charge in [0.25, 0.3) is 0 Å². The third-order valence-electron chi connectivity index (χ3n) is 2.25. The van der Waals surface area contributed by atoms with Crippen LogP contribution in [0.15, 0.2) is 35.6 Å². The van der Waals surface area contributed by atoms with Crippen LogP contribution in [0, 0.1) is 5.53 Å². The first-order chi connectivity index (χ1) is 8.80. The van der Waals surface area contributed by atoms with Crippen molar-refractivity contribution in [3.63, 3.8) is 0 Å². The molecule has 0 aliphatic heterocycles. The number of tetrazole rings is 1. The molecule has 0 unspecified atom stereocenters. The molecule has 96 valence electrons. The van der Waals surface area contributed by atoms with Gasteiger partial charge >= 0.3 is 0 Å². The third kappa shape index (κ3) is 4.69. The normalized spacial score (nSPS) is 9.39. The van der Waals surface area contributed by atoms with Gasteiger partial charge in [0.05, 0.1) is 6.54 Å². The van der Waals surface area contributed by atoms with Crippen molar-refractivity contribution in [2.75, 3.05) is 0 Å². The van der Waals surface area contributed by atoms with Crippen molar-refractivity contribution in [2.24, 2.45) is 11.1 Å². The van der Waals surface area contributed by atoms with E-state index in [0.717, 1.165) is 25.2 Å². The minimum Gasteiger partial charge on any atom is -0.305 e. The molecule has 0 bridgehead atoms. The Morgan fingerprint density at radius 2 is 2.00 bits per heavy atom. The fourth-order valence-electron chi connectivity index (χ4n) is 1.39. The summed E-state index contributed by atoms with van der Waals surface area (Å²) in [5.41, 5.74) is 6.91. The van der Waals surface area contributed by atoms with E-state index in [2.05, 4.69) is 38.6 Å². The van der Waals surface area contributed by atoms with E-state index in [4.69, 9.17) is 5.53 Å². The second kappa shape index (κ2) is 7.88. The molecule has 0 spiro atoms. The van der Waals surface area contributed by atoms with Crippen LogP contribution in [0.2, 0.25) is 0 Å². The summed E-state index contributed by atoms with van der Waals surface area (Å²) >= 11 is 0. The topological polar surface area (TPSA) is 106 Å². The molecule has 0 saturated carbocycles. The van der Waals surface area contributed by atoms with Gasteiger partial charge in [0.2, 0.25) is 0 Å². The fourth-order valence-corrected chi connectivity index (χ4v) is 1.39. The summed E-state index contributed by atoms with van der Waals surface area (Å²) in [5.74, 6) is 4.95. The van der Waals surface area contributed by atoms with Crippen LogP contribution < -0.4 is 5.84 Å². The van der Waals surface area contributed by atoms with E-state index < -0.39 is 0 Å². The maximum Gasteiger partial charge on any atom is 0.174 e. The highest BCUT2D eigenvalue weighted by Gasteiger charge is 1.99. The van der Waals surface area contributed by atoms with Gasteiger partial charge in [0, 0.05) is 6.42 Å². The molecule has 3 N–H and O–H groups in total. The van der Waals surface area contributed by atoms with Crippen LogP contribution in [0.5, 0.6) is 0 Å². The lowest BCUT2D eigenvalue weighted by molar-refractivity contribution is 0.521. The summed E-state index contributed by atoms with van der Waals surface area (Å²) in [6, 6.07) is 10.3. The van der Waals surface area contributed by atoms with Crippen molar-refractivity contribution in [3.8, 4) is 0 Å². The van der Waals surface area contributed by atoms with E-state index in [-0.39, 0.29) is 0 Å². The highest BCUT2D eigenvalue weighted by molar-refractivity contribution is 5.14. The summed E-state index contributed by atoms with van der Waals surface area (Å²) in [6.45, 7) is 2.82. The Kier molecular flexibility index (Phi) is 6.02. The Morgan fingerprint density at radius 1 is 1.33 bits per heavy atom. The third-order valence-corrected chi connectivity index (χ3v) is 2.25. The molecule has 7 nitrogen and oxygen atoms in total. The van der Waals surface area contributed by atoms with Crippen LogP contribution in [0.25, 0.3) is 0 Å². The monoisotopic (exact) mass is 247 g/mol. The predicted molar refractivity (Wildman–Crippen MR) is 66.7 cm³/mol. The SMILES string of the molecule is CCc1nnn(CCc2ccccc2)n1.N=NN. The molecule has 0 saturated heterocycles. The summed E-state index contributed by atoms with van der Waals surface area (Å²) in [4.78, 5) is 1.66. The summed E-state index contributed by atoms with van der Waals surface area (Å²) in [7, 11) is 0. The van der Waals surface area contributed by atoms with Gasteiger partial charge in [-0.05, 0) is 17.2 Å². The number of hydrogen-bond acceptors (Lipinski definition) is 5. The number of hydrogen-bond donors (Lipinski definition) is 2. The lowest BCUT2D eigenvalue weighted by Gasteiger charge is -1.98. The summed E-state index contributed by atoms with van der Waals surface area (Å²) < 4.78 is 0. The van der Waals surface area contributed by atoms with Gasteiger partial charge in [0.15, 0.2) is 5.82 Å². The van der Waals surface area contributed by atoms with Crippen LogP contribution in [-0.4, -0.2) is 20.2 Å². The molecule has 2 rings (SSSR count). The van der Waals surface area contributed by atoms with Crippen LogP contribution in [0.1, 0.15) is 18.3 Å². The van der Waals surface area contributed by atoms with E-state index in [1.165, 1.54) is 5.56 Å². The number of rotatable bonds is 4. The minimum atomic E-state index is 0.789. The summed E-state index contributed by atoms with van der Waals surface area (Å²) in [5, 5.41) is 14.4. The molecule has 1 aromatic heterocycles. The second-order valence-electron chi connectivity index (χ2n) is 3.52. The first-order valence-electron chi connectivity index (χ1n) is 5.67. The van der Waals surface area contributed by atoms with Crippen LogP contribution >= 0.6 is 0 Å². The smallest absolute Gasteiger partial charge is 0.174 e. The zero-order valence-corrected chi connectivity index (χ0v) is 10.3. The van der Waals surface area contributed by atoms with E-state index in [1.807, 2.05) is 25.1 Å². The van der Waals surface area contributed by atoms with Gasteiger partial charge < -0.3 is 5.84 Å². The Labute approximate surface area is 105 Å². The average molecular weight is 247 g/mol. The Bertz CT molecular complexity index is 451. The molecular formula is C11H17N7. The van der Waals surface area contributed by atoms with Gasteiger partial charge in [-0.15, -0.1) is 10.2 Å². The second-order valence-corrected chi connectivity index (χ2v) is 3.52. The maximum absolute atomic E-state index is 5.61. The molecule has 7 heteroatoms. The zero-order valence-electron chi connectivity index (χ0n) is 10.3. The molecule has 1 heterocycles. The van der Waals surface area contributed by atoms with Crippen LogP contribution in [0.4, 0.5) is 0 Å². The Morgan fingerprint density at radius 3 is 2.56 bits per heavy atom. The number of nitrogens with two attached hydrogens (primary N) is 1. The van der Waals surface area contributed by atoms with Crippen molar-refractivity contribution in [1.29, 1.82) is 5.53 Å². The number of aryl methyl sites for hydroxylation is 3. The number of benzene rings is 1. The first kappa shape index (κ1) is 13.8. The molecule has 0 fully saturated rings. The largest absolute Gasteiger partial charge is 0.305 e. The van der Waals surface area contributed by atoms with Gasteiger partial charge in [-0.3, -0.25) is 0 Å². The first-order valence-corrected chi connectivity index (χ1v) is 5.67. The number of nitrogens with one attached hydrogen (secondary N) is 1. The molecule has 0 atom stereocenters. The van der Waals surface area contributed by atoms with Gasteiger partial charge in [-0.2, -0.15) is 10.3 Å². The van der Waals surface area contributed by atoms with E-state index in [0.29, 0.717) is 0 Å². The van der Waals surface area contributed by atoms with E-state index >= 15 is 0 Å². The van der Waals surface area contributed by atoms with E-state index in [1.54, 1.807) is 4.80 Å². The van der Waals surface area contributed by atoms with Crippen molar-refractivity contribution in [2.45, 2.75) is 26.3 Å². The van der Waals surface area contributed by atoms with E-state index in [9.17, 15) is 0 Å². The van der Waals surface area contributed by atoms with Gasteiger partial charge in [-0.25, -0.2) is 0 Å². The minimum absolute atomic E-state index is 0.789. The highest BCUT2D eigenvalue weighted by Crippen LogP contribution is 2.00. The van der Waals surface area contributed by atoms with Crippen molar-refractivity contribution >= 4 is 0 Å². The lowest BCUT2D eigenvalue weighted by Crippen LogP contribution is -2.05. The molecule has 2 aromatic rings. The van der Waals surface area contributed by atoms with Gasteiger partial charge in [-0.1, -0.05) is 42.5 Å². The van der Waals surface area contributed by atoms with Crippen LogP contribution in [-0.2, 0) is 19.4 Å². The standard InChI is InChI=1S/C11H14N4.H3N3/c1-2-11-12-14-15(13-11)9-8-10-6-4-3-5-7-10;1-3-2/h3-7H,2,8-9H2,1H3;(H3,1,2). The molecule has 0 amide bonds. The molecule has 1 aromatic carbocycles. The summed E-state index contributed by atoms with van der Waals surface area (Å²) in [6.07, 6.45) is 1.78. The number of nitrogens with zero attached hydrogens (tertiary/aromatic N) is 5. The zero-order chi connectivity index (χ0) is 13.2. The molecule has 0 radical (unpaired) electrons. The van der Waals surface area contributed by atoms with Crippen LogP contribution in [0.3, 0.4) is 0 Å². The molecule has 0 aliphatic rings. The fraction of sp³-hybridized carbons (Fsp3) is 0.364. The molecule has 0 aliphatic carbocycles. The van der Waals surface area contributed by atoms with Gasteiger partial charge in [0.1, 0.15) is 0 Å². The highest BCUT2D eigenvalue weighted by atomic mass is 15.6. The number of aromatic nitrogens is 4. The van der Waals surface area contributed by atoms with Crippen molar-refractivity contribution in [1.82, 2.24) is 20.2 Å².